The summed E-state index contributed by atoms with van der Waals surface area (Å²) in [6.07, 6.45) is 2.85. The van der Waals surface area contributed by atoms with Gasteiger partial charge in [0.25, 0.3) is 5.91 Å². The van der Waals surface area contributed by atoms with Crippen LogP contribution in [0.1, 0.15) is 59.3 Å². The molecular weight excluding hydrogens is 316 g/mol. The molecule has 0 spiro atoms. The van der Waals surface area contributed by atoms with Crippen LogP contribution in [-0.4, -0.2) is 30.3 Å². The predicted octanol–water partition coefficient (Wildman–Crippen LogP) is 1.66. The molecule has 0 aromatic carbocycles. The van der Waals surface area contributed by atoms with Crippen LogP contribution in [0.4, 0.5) is 0 Å². The van der Waals surface area contributed by atoms with Crippen LogP contribution in [0, 0.1) is 0 Å². The van der Waals surface area contributed by atoms with Crippen LogP contribution in [0.2, 0.25) is 0 Å². The third-order valence-electron chi connectivity index (χ3n) is 3.38. The van der Waals surface area contributed by atoms with Gasteiger partial charge < -0.3 is 9.57 Å². The summed E-state index contributed by atoms with van der Waals surface area (Å²) in [6, 6.07) is 0. The molecular formula is C16H26N2O6. The standard InChI is InChI=1S/C16H26N2O6/c1-4-6-8-13(19)17-23-12-10-22-11(3)16(15(12)21)24-18-14(20)9-7-5-2/h12H,4-10H2,1-3H3,(H,17,19)(H,18,20). The Labute approximate surface area is 141 Å². The minimum absolute atomic E-state index is 0.0324. The molecule has 1 rings (SSSR count). The molecule has 0 aromatic rings. The molecule has 1 aliphatic rings. The topological polar surface area (TPSA) is 103 Å². The van der Waals surface area contributed by atoms with E-state index in [1.807, 2.05) is 13.8 Å². The highest BCUT2D eigenvalue weighted by Gasteiger charge is 2.34. The molecule has 1 atom stereocenters. The molecule has 0 radical (unpaired) electrons. The van der Waals surface area contributed by atoms with Crippen LogP contribution in [-0.2, 0) is 28.8 Å². The van der Waals surface area contributed by atoms with Crippen LogP contribution < -0.4 is 11.0 Å². The second-order valence-electron chi connectivity index (χ2n) is 5.53. The minimum atomic E-state index is -1.01. The highest BCUT2D eigenvalue weighted by molar-refractivity contribution is 5.98. The molecule has 2 amide bonds. The lowest BCUT2D eigenvalue weighted by molar-refractivity contribution is -0.156. The molecule has 136 valence electrons. The smallest absolute Gasteiger partial charge is 0.252 e. The Balaban J connectivity index is 2.50. The Morgan fingerprint density at radius 2 is 1.71 bits per heavy atom. The lowest BCUT2D eigenvalue weighted by atomic mass is 10.1. The monoisotopic (exact) mass is 342 g/mol. The number of unbranched alkanes of at least 4 members (excludes halogenated alkanes) is 2. The van der Waals surface area contributed by atoms with Gasteiger partial charge in [-0.25, -0.2) is 5.48 Å². The number of hydrogen-bond donors (Lipinski definition) is 2. The summed E-state index contributed by atoms with van der Waals surface area (Å²) in [5.74, 6) is -0.982. The summed E-state index contributed by atoms with van der Waals surface area (Å²) in [5.41, 5.74) is 4.46. The Hall–Kier alpha value is -2.09. The maximum absolute atomic E-state index is 12.3. The zero-order valence-electron chi connectivity index (χ0n) is 14.5. The highest BCUT2D eigenvalue weighted by Crippen LogP contribution is 2.18. The number of ether oxygens (including phenoxy) is 1. The zero-order chi connectivity index (χ0) is 17.9. The number of rotatable bonds is 10. The minimum Gasteiger partial charge on any atom is -0.491 e. The molecule has 0 aliphatic carbocycles. The van der Waals surface area contributed by atoms with Crippen LogP contribution in [0.25, 0.3) is 0 Å². The summed E-state index contributed by atoms with van der Waals surface area (Å²) >= 11 is 0. The maximum atomic E-state index is 12.3. The molecule has 1 aliphatic heterocycles. The maximum Gasteiger partial charge on any atom is 0.252 e. The van der Waals surface area contributed by atoms with E-state index in [0.717, 1.165) is 25.7 Å². The largest absolute Gasteiger partial charge is 0.491 e. The van der Waals surface area contributed by atoms with Gasteiger partial charge in [-0.1, -0.05) is 26.7 Å². The van der Waals surface area contributed by atoms with E-state index in [4.69, 9.17) is 14.4 Å². The van der Waals surface area contributed by atoms with Crippen LogP contribution in [0.5, 0.6) is 0 Å². The van der Waals surface area contributed by atoms with Gasteiger partial charge in [0, 0.05) is 12.8 Å². The molecule has 2 N–H and O–H groups in total. The van der Waals surface area contributed by atoms with Crippen molar-refractivity contribution in [2.45, 2.75) is 65.4 Å². The first-order chi connectivity index (χ1) is 11.5. The van der Waals surface area contributed by atoms with Gasteiger partial charge in [-0.3, -0.25) is 19.2 Å². The van der Waals surface area contributed by atoms with Crippen molar-refractivity contribution in [1.29, 1.82) is 0 Å². The predicted molar refractivity (Wildman–Crippen MR) is 85.0 cm³/mol. The first-order valence-corrected chi connectivity index (χ1v) is 8.27. The lowest BCUT2D eigenvalue weighted by Crippen LogP contribution is -2.42. The number of ketones is 1. The van der Waals surface area contributed by atoms with E-state index in [0.29, 0.717) is 12.8 Å². The number of carbonyl (C=O) groups is 3. The lowest BCUT2D eigenvalue weighted by Gasteiger charge is -2.24. The van der Waals surface area contributed by atoms with Gasteiger partial charge in [-0.05, 0) is 19.8 Å². The molecule has 0 saturated heterocycles. The van der Waals surface area contributed by atoms with Gasteiger partial charge in [0.05, 0.1) is 0 Å². The Morgan fingerprint density at radius 3 is 2.29 bits per heavy atom. The summed E-state index contributed by atoms with van der Waals surface area (Å²) in [7, 11) is 0. The van der Waals surface area contributed by atoms with E-state index in [2.05, 4.69) is 11.0 Å². The third kappa shape index (κ3) is 6.57. The van der Waals surface area contributed by atoms with Crippen molar-refractivity contribution in [2.24, 2.45) is 0 Å². The van der Waals surface area contributed by atoms with Crippen molar-refractivity contribution in [3.05, 3.63) is 11.5 Å². The van der Waals surface area contributed by atoms with E-state index < -0.39 is 11.9 Å². The number of carbonyl (C=O) groups excluding carboxylic acids is 3. The molecule has 8 nitrogen and oxygen atoms in total. The van der Waals surface area contributed by atoms with E-state index in [9.17, 15) is 14.4 Å². The molecule has 0 fully saturated rings. The first-order valence-electron chi connectivity index (χ1n) is 8.27. The molecule has 0 aromatic heterocycles. The third-order valence-corrected chi connectivity index (χ3v) is 3.38. The Morgan fingerprint density at radius 1 is 1.12 bits per heavy atom. The molecule has 0 bridgehead atoms. The summed E-state index contributed by atoms with van der Waals surface area (Å²) in [5, 5.41) is 0. The van der Waals surface area contributed by atoms with Crippen molar-refractivity contribution in [1.82, 2.24) is 11.0 Å². The number of allylic oxidation sites excluding steroid dienone is 1. The average molecular weight is 342 g/mol. The van der Waals surface area contributed by atoms with Crippen molar-refractivity contribution in [3.8, 4) is 0 Å². The van der Waals surface area contributed by atoms with Gasteiger partial charge in [0.2, 0.25) is 17.4 Å². The second-order valence-corrected chi connectivity index (χ2v) is 5.53. The molecule has 1 unspecified atom stereocenters. The normalized spacial score (nSPS) is 17.3. The van der Waals surface area contributed by atoms with E-state index in [1.165, 1.54) is 0 Å². The first kappa shape index (κ1) is 20.0. The zero-order valence-corrected chi connectivity index (χ0v) is 14.5. The van der Waals surface area contributed by atoms with Crippen molar-refractivity contribution >= 4 is 17.6 Å². The fraction of sp³-hybridized carbons (Fsp3) is 0.688. The van der Waals surface area contributed by atoms with Gasteiger partial charge in [-0.15, -0.1) is 0 Å². The summed E-state index contributed by atoms with van der Waals surface area (Å²) in [6.45, 7) is 5.46. The van der Waals surface area contributed by atoms with Gasteiger partial charge >= 0.3 is 0 Å². The Bertz CT molecular complexity index is 489. The number of hydroxylamine groups is 2. The number of Topliss-reactive ketones (excluding diaryl/α,β-unsaturated/α-hetero) is 1. The van der Waals surface area contributed by atoms with Crippen LogP contribution >= 0.6 is 0 Å². The van der Waals surface area contributed by atoms with E-state index >= 15 is 0 Å². The fourth-order valence-electron chi connectivity index (χ4n) is 1.89. The van der Waals surface area contributed by atoms with Gasteiger partial charge in [0.1, 0.15) is 12.4 Å². The number of amides is 2. The highest BCUT2D eigenvalue weighted by atomic mass is 16.7. The van der Waals surface area contributed by atoms with E-state index in [1.54, 1.807) is 6.92 Å². The van der Waals surface area contributed by atoms with Crippen LogP contribution in [0.3, 0.4) is 0 Å². The average Bonchev–Trinajstić information content (AvgIpc) is 2.57. The summed E-state index contributed by atoms with van der Waals surface area (Å²) in [4.78, 5) is 45.6. The molecule has 24 heavy (non-hydrogen) atoms. The summed E-state index contributed by atoms with van der Waals surface area (Å²) < 4.78 is 5.31. The Kier molecular flexibility index (Phi) is 8.85. The quantitative estimate of drug-likeness (QED) is 0.585. The van der Waals surface area contributed by atoms with Gasteiger partial charge in [0.15, 0.2) is 6.10 Å². The van der Waals surface area contributed by atoms with Crippen molar-refractivity contribution < 1.29 is 28.8 Å². The SMILES string of the molecule is CCCCC(=O)NOC1=C(C)OCC(ONC(=O)CCCC)C1=O. The van der Waals surface area contributed by atoms with Crippen LogP contribution in [0.15, 0.2) is 11.5 Å². The van der Waals surface area contributed by atoms with Crippen molar-refractivity contribution in [3.63, 3.8) is 0 Å². The molecule has 0 saturated carbocycles. The number of nitrogens with one attached hydrogen (secondary N) is 2. The molecule has 8 heteroatoms. The fourth-order valence-corrected chi connectivity index (χ4v) is 1.89. The second kappa shape index (κ2) is 10.6. The van der Waals surface area contributed by atoms with Crippen molar-refractivity contribution in [2.75, 3.05) is 6.61 Å². The molecule has 1 heterocycles. The van der Waals surface area contributed by atoms with E-state index in [-0.39, 0.29) is 29.9 Å². The van der Waals surface area contributed by atoms with Gasteiger partial charge in [-0.2, -0.15) is 5.48 Å². The number of hydrogen-bond acceptors (Lipinski definition) is 6.